The van der Waals surface area contributed by atoms with Crippen LogP contribution in [0.3, 0.4) is 0 Å². The van der Waals surface area contributed by atoms with Gasteiger partial charge in [-0.05, 0) is 74.8 Å². The lowest BCUT2D eigenvalue weighted by Crippen LogP contribution is -2.52. The minimum atomic E-state index is -0.933. The summed E-state index contributed by atoms with van der Waals surface area (Å²) < 4.78 is 5.72. The van der Waals surface area contributed by atoms with Crippen LogP contribution in [-0.4, -0.2) is 28.2 Å². The lowest BCUT2D eigenvalue weighted by Gasteiger charge is -2.55. The fraction of sp³-hybridized carbons (Fsp3) is 0.552. The molecule has 2 unspecified atom stereocenters. The Morgan fingerprint density at radius 3 is 2.50 bits per heavy atom. The number of benzene rings is 1. The Hall–Kier alpha value is -2.53. The molecule has 5 heteroatoms. The molecule has 6 aliphatic rings. The molecule has 0 spiro atoms. The highest BCUT2D eigenvalue weighted by atomic mass is 16.5. The average molecular weight is 461 g/mol. The second-order valence-electron chi connectivity index (χ2n) is 11.3. The molecule has 0 radical (unpaired) electrons. The van der Waals surface area contributed by atoms with Crippen LogP contribution in [0.25, 0.3) is 0 Å². The van der Waals surface area contributed by atoms with E-state index < -0.39 is 11.6 Å². The van der Waals surface area contributed by atoms with Gasteiger partial charge in [-0.15, -0.1) is 0 Å². The van der Waals surface area contributed by atoms with Crippen LogP contribution in [0.4, 0.5) is 0 Å². The van der Waals surface area contributed by atoms with Crippen molar-refractivity contribution in [1.82, 2.24) is 0 Å². The maximum Gasteiger partial charge on any atom is 0.311 e. The molecule has 4 aliphatic carbocycles. The van der Waals surface area contributed by atoms with Gasteiger partial charge >= 0.3 is 5.97 Å². The van der Waals surface area contributed by atoms with Crippen LogP contribution in [-0.2, 0) is 14.3 Å². The fourth-order valence-electron chi connectivity index (χ4n) is 8.07. The molecular formula is C29H32O5. The number of esters is 1. The molecular weight excluding hydrogens is 428 g/mol. The number of carbonyl (C=O) groups excluding carboxylic acids is 3. The van der Waals surface area contributed by atoms with Crippen molar-refractivity contribution in [3.63, 3.8) is 0 Å². The van der Waals surface area contributed by atoms with Gasteiger partial charge < -0.3 is 9.84 Å². The van der Waals surface area contributed by atoms with Gasteiger partial charge in [0.05, 0.1) is 5.60 Å². The maximum atomic E-state index is 12.8. The Morgan fingerprint density at radius 1 is 1.00 bits per heavy atom. The van der Waals surface area contributed by atoms with Gasteiger partial charge in [-0.2, -0.15) is 0 Å². The molecule has 0 saturated heterocycles. The number of carbonyl (C=O) groups is 3. The van der Waals surface area contributed by atoms with Crippen LogP contribution < -0.4 is 0 Å². The fourth-order valence-corrected chi connectivity index (χ4v) is 8.07. The van der Waals surface area contributed by atoms with E-state index in [1.54, 1.807) is 6.92 Å². The third-order valence-corrected chi connectivity index (χ3v) is 9.86. The van der Waals surface area contributed by atoms with E-state index in [1.165, 1.54) is 16.7 Å². The molecule has 2 saturated carbocycles. The highest BCUT2D eigenvalue weighted by molar-refractivity contribution is 5.99. The zero-order valence-corrected chi connectivity index (χ0v) is 20.0. The summed E-state index contributed by atoms with van der Waals surface area (Å²) in [5.74, 6) is 0.669. The van der Waals surface area contributed by atoms with E-state index in [0.29, 0.717) is 43.1 Å². The van der Waals surface area contributed by atoms with Crippen molar-refractivity contribution in [3.8, 4) is 0 Å². The first-order chi connectivity index (χ1) is 16.2. The number of ketones is 2. The highest BCUT2D eigenvalue weighted by Gasteiger charge is 2.63. The van der Waals surface area contributed by atoms with E-state index in [1.807, 2.05) is 12.1 Å². The lowest BCUT2D eigenvalue weighted by molar-refractivity contribution is -0.147. The first kappa shape index (κ1) is 22.0. The van der Waals surface area contributed by atoms with Gasteiger partial charge in [-0.1, -0.05) is 36.8 Å². The maximum absolute atomic E-state index is 12.8. The van der Waals surface area contributed by atoms with E-state index in [4.69, 9.17) is 4.74 Å². The van der Waals surface area contributed by atoms with Gasteiger partial charge in [0.2, 0.25) is 0 Å². The van der Waals surface area contributed by atoms with Crippen molar-refractivity contribution in [2.24, 2.45) is 17.3 Å². The number of aliphatic hydroxyl groups is 1. The Balaban J connectivity index is 1.60. The molecule has 0 amide bonds. The van der Waals surface area contributed by atoms with Crippen LogP contribution >= 0.6 is 0 Å². The number of ether oxygens (including phenoxy) is 1. The second kappa shape index (κ2) is 7.48. The number of hydrogen-bond donors (Lipinski definition) is 1. The summed E-state index contributed by atoms with van der Waals surface area (Å²) in [7, 11) is 0. The normalized spacial score (nSPS) is 37.0. The molecule has 8 bridgehead atoms. The first-order valence-corrected chi connectivity index (χ1v) is 12.8. The van der Waals surface area contributed by atoms with Crippen LogP contribution in [0, 0.1) is 17.3 Å². The molecule has 2 heterocycles. The van der Waals surface area contributed by atoms with Crippen molar-refractivity contribution < 1.29 is 24.2 Å². The van der Waals surface area contributed by atoms with E-state index >= 15 is 0 Å². The van der Waals surface area contributed by atoms with Gasteiger partial charge in [-0.3, -0.25) is 14.4 Å². The molecule has 1 aromatic carbocycles. The third-order valence-electron chi connectivity index (χ3n) is 9.86. The number of allylic oxidation sites excluding steroid dienone is 4. The first-order valence-electron chi connectivity index (χ1n) is 12.8. The zero-order chi connectivity index (χ0) is 23.8. The lowest BCUT2D eigenvalue weighted by atomic mass is 9.50. The van der Waals surface area contributed by atoms with Crippen molar-refractivity contribution >= 4 is 17.5 Å². The quantitative estimate of drug-likeness (QED) is 0.486. The molecule has 1 aromatic rings. The summed E-state index contributed by atoms with van der Waals surface area (Å²) >= 11 is 0. The number of rotatable bonds is 2. The van der Waals surface area contributed by atoms with Crippen molar-refractivity contribution in [2.45, 2.75) is 83.2 Å². The van der Waals surface area contributed by atoms with Crippen molar-refractivity contribution in [2.75, 3.05) is 0 Å². The summed E-state index contributed by atoms with van der Waals surface area (Å²) in [5.41, 5.74) is 4.18. The van der Waals surface area contributed by atoms with Crippen molar-refractivity contribution in [3.05, 3.63) is 57.9 Å². The van der Waals surface area contributed by atoms with Gasteiger partial charge in [-0.25, -0.2) is 0 Å². The molecule has 1 N–H and O–H groups in total. The molecule has 5 atom stereocenters. The summed E-state index contributed by atoms with van der Waals surface area (Å²) in [6, 6.07) is 7.96. The van der Waals surface area contributed by atoms with Gasteiger partial charge in [0.1, 0.15) is 0 Å². The monoisotopic (exact) mass is 460 g/mol. The molecule has 34 heavy (non-hydrogen) atoms. The topological polar surface area (TPSA) is 80.7 Å². The van der Waals surface area contributed by atoms with Crippen LogP contribution in [0.15, 0.2) is 46.7 Å². The largest absolute Gasteiger partial charge is 0.422 e. The summed E-state index contributed by atoms with van der Waals surface area (Å²) in [6.07, 6.45) is 5.69. The van der Waals surface area contributed by atoms with Gasteiger partial charge in [0.25, 0.3) is 0 Å². The number of hydrogen-bond acceptors (Lipinski definition) is 5. The van der Waals surface area contributed by atoms with E-state index in [9.17, 15) is 19.5 Å². The minimum Gasteiger partial charge on any atom is -0.422 e. The van der Waals surface area contributed by atoms with Crippen LogP contribution in [0.5, 0.6) is 0 Å². The molecule has 2 aliphatic heterocycles. The SMILES string of the molecule is CC(=O)c1ccc([C@H]2C[C@@]3(C)C4CC[C@]3(O)CCC(=O)OC3=C5CCC4C2=C5CCC3=O)cc1. The predicted octanol–water partition coefficient (Wildman–Crippen LogP) is 5.18. The molecule has 5 nitrogen and oxygen atoms in total. The minimum absolute atomic E-state index is 0.0505. The smallest absolute Gasteiger partial charge is 0.311 e. The molecule has 0 aromatic heterocycles. The summed E-state index contributed by atoms with van der Waals surface area (Å²) in [5, 5.41) is 12.0. The predicted molar refractivity (Wildman–Crippen MR) is 126 cm³/mol. The van der Waals surface area contributed by atoms with Gasteiger partial charge in [0.15, 0.2) is 17.3 Å². The van der Waals surface area contributed by atoms with Crippen LogP contribution in [0.1, 0.15) is 93.5 Å². The van der Waals surface area contributed by atoms with Gasteiger partial charge in [0, 0.05) is 35.3 Å². The molecule has 178 valence electrons. The summed E-state index contributed by atoms with van der Waals surface area (Å²) in [4.78, 5) is 37.5. The zero-order valence-electron chi connectivity index (χ0n) is 20.0. The van der Waals surface area contributed by atoms with E-state index in [0.717, 1.165) is 31.3 Å². The van der Waals surface area contributed by atoms with E-state index in [2.05, 4.69) is 19.1 Å². The molecule has 7 rings (SSSR count). The van der Waals surface area contributed by atoms with Crippen LogP contribution in [0.2, 0.25) is 0 Å². The molecule has 2 fully saturated rings. The Labute approximate surface area is 200 Å². The van der Waals surface area contributed by atoms with E-state index in [-0.39, 0.29) is 35.1 Å². The Morgan fingerprint density at radius 2 is 1.76 bits per heavy atom. The number of Topliss-reactive ketones (excluding diaryl/α,β-unsaturated/α-hetero) is 2. The Bertz CT molecular complexity index is 1170. The average Bonchev–Trinajstić information content (AvgIpc) is 3.09. The number of fused-ring (bicyclic) bond motifs is 5. The standard InChI is InChI=1S/C29H32O5/c1-16(30)17-3-5-18(6-4-17)22-15-28(2)23-11-13-29(28,33)14-12-25(32)34-27-20-7-8-21(23)26(22)19(20)9-10-24(27)31/h3-6,21-23,33H,7-15H2,1-2H3/t21?,22-,23?,28+,29+/m1/s1. The second-order valence-corrected chi connectivity index (χ2v) is 11.3. The van der Waals surface area contributed by atoms with Crippen molar-refractivity contribution in [1.29, 1.82) is 0 Å². The summed E-state index contributed by atoms with van der Waals surface area (Å²) in [6.45, 7) is 3.82. The highest BCUT2D eigenvalue weighted by Crippen LogP contribution is 2.67. The Kier molecular flexibility index (Phi) is 4.83. The third kappa shape index (κ3) is 2.98.